The number of pyridine rings is 1. The number of H-pyrrole nitrogens is 1. The second kappa shape index (κ2) is 8.50. The molecule has 12 heteroatoms. The van der Waals surface area contributed by atoms with Gasteiger partial charge in [0.1, 0.15) is 29.4 Å². The van der Waals surface area contributed by atoms with Crippen LogP contribution in [0.5, 0.6) is 0 Å². The molecule has 1 aromatic carbocycles. The molecular weight excluding hydrogens is 504 g/mol. The van der Waals surface area contributed by atoms with Gasteiger partial charge in [-0.15, -0.1) is 0 Å². The van der Waals surface area contributed by atoms with Gasteiger partial charge < -0.3 is 4.90 Å². The SMILES string of the molecule is N#Cc1ccc(-c2[nH]nc3ncnc(N4CC[C@H]4c4nn5ccc(Cl)c5c(=O)n4-c4ccccc4)c23)cn1. The van der Waals surface area contributed by atoms with Crippen LogP contribution in [-0.4, -0.2) is 45.9 Å². The highest BCUT2D eigenvalue weighted by Crippen LogP contribution is 2.41. The van der Waals surface area contributed by atoms with E-state index in [1.54, 1.807) is 35.2 Å². The summed E-state index contributed by atoms with van der Waals surface area (Å²) in [4.78, 5) is 29.0. The Morgan fingerprint density at radius 3 is 2.68 bits per heavy atom. The molecule has 6 aromatic rings. The molecule has 0 aliphatic carbocycles. The minimum Gasteiger partial charge on any atom is -0.345 e. The van der Waals surface area contributed by atoms with E-state index in [1.165, 1.54) is 10.8 Å². The van der Waals surface area contributed by atoms with Crippen LogP contribution in [0, 0.1) is 11.3 Å². The number of aromatic amines is 1. The van der Waals surface area contributed by atoms with E-state index in [-0.39, 0.29) is 11.6 Å². The Bertz CT molecular complexity index is 1940. The van der Waals surface area contributed by atoms with Gasteiger partial charge in [-0.05, 0) is 36.8 Å². The standard InChI is InChI=1S/C26H17ClN10O/c27-18-8-11-36-22(18)26(38)37(17-4-2-1-3-5-17)24(34-36)19-9-10-35(19)25-20-21(32-33-23(20)30-14-31-25)15-6-7-16(12-28)29-13-15/h1-8,11,13-14,19H,9-10H2,(H,30,31,32,33)/t19-/m0/s1. The van der Waals surface area contributed by atoms with Crippen LogP contribution >= 0.6 is 11.6 Å². The summed E-state index contributed by atoms with van der Waals surface area (Å²) in [7, 11) is 0. The van der Waals surface area contributed by atoms with E-state index in [1.807, 2.05) is 36.4 Å². The van der Waals surface area contributed by atoms with Crippen LogP contribution in [0.2, 0.25) is 5.02 Å². The fourth-order valence-electron chi connectivity index (χ4n) is 4.87. The third-order valence-electron chi connectivity index (χ3n) is 6.76. The normalized spacial score (nSPS) is 15.1. The minimum absolute atomic E-state index is 0.242. The highest BCUT2D eigenvalue weighted by molar-refractivity contribution is 6.33. The van der Waals surface area contributed by atoms with Crippen molar-refractivity contribution >= 4 is 34.0 Å². The molecule has 0 bridgehead atoms. The number of aromatic nitrogens is 8. The molecule has 1 atom stereocenters. The Balaban J connectivity index is 1.40. The first kappa shape index (κ1) is 22.1. The van der Waals surface area contributed by atoms with Crippen molar-refractivity contribution in [2.45, 2.75) is 12.5 Å². The first-order valence-corrected chi connectivity index (χ1v) is 12.2. The van der Waals surface area contributed by atoms with Gasteiger partial charge in [0.05, 0.1) is 27.8 Å². The predicted octanol–water partition coefficient (Wildman–Crippen LogP) is 3.69. The quantitative estimate of drug-likeness (QED) is 0.372. The Kier molecular flexibility index (Phi) is 4.95. The number of rotatable bonds is 4. The molecular formula is C26H17ClN10O. The average Bonchev–Trinajstić information content (AvgIpc) is 3.53. The van der Waals surface area contributed by atoms with Crippen molar-refractivity contribution in [3.63, 3.8) is 0 Å². The second-order valence-corrected chi connectivity index (χ2v) is 9.23. The maximum Gasteiger partial charge on any atom is 0.284 e. The van der Waals surface area contributed by atoms with Gasteiger partial charge in [-0.3, -0.25) is 14.5 Å². The Hall–Kier alpha value is -5.08. The van der Waals surface area contributed by atoms with Gasteiger partial charge in [-0.25, -0.2) is 19.5 Å². The summed E-state index contributed by atoms with van der Waals surface area (Å²) in [6.07, 6.45) is 5.54. The minimum atomic E-state index is -0.247. The van der Waals surface area contributed by atoms with Gasteiger partial charge in [0, 0.05) is 24.5 Å². The van der Waals surface area contributed by atoms with Gasteiger partial charge in [0.15, 0.2) is 11.5 Å². The van der Waals surface area contributed by atoms with E-state index >= 15 is 0 Å². The number of hydrogen-bond donors (Lipinski definition) is 1. The first-order valence-electron chi connectivity index (χ1n) is 11.8. The van der Waals surface area contributed by atoms with Crippen molar-refractivity contribution in [2.75, 3.05) is 11.4 Å². The fourth-order valence-corrected chi connectivity index (χ4v) is 5.10. The van der Waals surface area contributed by atoms with Crippen molar-refractivity contribution in [1.29, 1.82) is 5.26 Å². The summed E-state index contributed by atoms with van der Waals surface area (Å²) in [5.74, 6) is 1.24. The summed E-state index contributed by atoms with van der Waals surface area (Å²) in [6.45, 7) is 0.697. The van der Waals surface area contributed by atoms with Gasteiger partial charge >= 0.3 is 0 Å². The maximum absolute atomic E-state index is 13.7. The number of halogens is 1. The second-order valence-electron chi connectivity index (χ2n) is 8.83. The molecule has 1 saturated heterocycles. The van der Waals surface area contributed by atoms with Crippen LogP contribution in [0.1, 0.15) is 24.0 Å². The zero-order valence-electron chi connectivity index (χ0n) is 19.7. The monoisotopic (exact) mass is 520 g/mol. The van der Waals surface area contributed by atoms with Crippen LogP contribution in [-0.2, 0) is 0 Å². The third-order valence-corrected chi connectivity index (χ3v) is 7.07. The zero-order chi connectivity index (χ0) is 25.8. The molecule has 7 rings (SSSR count). The van der Waals surface area contributed by atoms with Crippen molar-refractivity contribution in [2.24, 2.45) is 0 Å². The lowest BCUT2D eigenvalue weighted by Gasteiger charge is -2.42. The largest absolute Gasteiger partial charge is 0.345 e. The molecule has 0 radical (unpaired) electrons. The van der Waals surface area contributed by atoms with E-state index in [2.05, 4.69) is 30.0 Å². The van der Waals surface area contributed by atoms with Crippen LogP contribution in [0.3, 0.4) is 0 Å². The topological polar surface area (TPSA) is 134 Å². The lowest BCUT2D eigenvalue weighted by atomic mass is 10.0. The molecule has 1 fully saturated rings. The van der Waals surface area contributed by atoms with Gasteiger partial charge in [-0.2, -0.15) is 15.5 Å². The zero-order valence-corrected chi connectivity index (χ0v) is 20.4. The van der Waals surface area contributed by atoms with Crippen LogP contribution in [0.25, 0.3) is 33.5 Å². The summed E-state index contributed by atoms with van der Waals surface area (Å²) < 4.78 is 3.16. The van der Waals surface area contributed by atoms with E-state index in [9.17, 15) is 4.79 Å². The van der Waals surface area contributed by atoms with Crippen molar-refractivity contribution in [3.05, 3.63) is 94.1 Å². The molecule has 5 aromatic heterocycles. The van der Waals surface area contributed by atoms with Crippen LogP contribution < -0.4 is 10.5 Å². The highest BCUT2D eigenvalue weighted by Gasteiger charge is 2.37. The molecule has 1 N–H and O–H groups in total. The molecule has 0 amide bonds. The number of benzene rings is 1. The summed E-state index contributed by atoms with van der Waals surface area (Å²) in [5.41, 5.74) is 3.04. The van der Waals surface area contributed by atoms with E-state index in [4.69, 9.17) is 22.0 Å². The summed E-state index contributed by atoms with van der Waals surface area (Å²) >= 11 is 6.35. The van der Waals surface area contributed by atoms with Crippen molar-refractivity contribution in [3.8, 4) is 23.0 Å². The molecule has 0 saturated carbocycles. The molecule has 1 aliphatic rings. The van der Waals surface area contributed by atoms with Gasteiger partial charge in [0.25, 0.3) is 5.56 Å². The summed E-state index contributed by atoms with van der Waals surface area (Å²) in [6, 6.07) is 16.3. The maximum atomic E-state index is 13.7. The Morgan fingerprint density at radius 2 is 1.95 bits per heavy atom. The Morgan fingerprint density at radius 1 is 1.08 bits per heavy atom. The van der Waals surface area contributed by atoms with E-state index < -0.39 is 0 Å². The van der Waals surface area contributed by atoms with Crippen LogP contribution in [0.15, 0.2) is 72.0 Å². The number of anilines is 1. The smallest absolute Gasteiger partial charge is 0.284 e. The number of nitriles is 1. The van der Waals surface area contributed by atoms with Crippen LogP contribution in [0.4, 0.5) is 5.82 Å². The number of nitrogens with one attached hydrogen (secondary N) is 1. The predicted molar refractivity (Wildman–Crippen MR) is 140 cm³/mol. The lowest BCUT2D eigenvalue weighted by molar-refractivity contribution is 0.424. The van der Waals surface area contributed by atoms with Gasteiger partial charge in [-0.1, -0.05) is 29.8 Å². The molecule has 11 nitrogen and oxygen atoms in total. The number of para-hydroxylation sites is 1. The van der Waals surface area contributed by atoms with Crippen molar-refractivity contribution < 1.29 is 0 Å². The third kappa shape index (κ3) is 3.28. The highest BCUT2D eigenvalue weighted by atomic mass is 35.5. The average molecular weight is 521 g/mol. The number of hydrogen-bond acceptors (Lipinski definition) is 8. The number of nitrogens with zero attached hydrogens (tertiary/aromatic N) is 9. The molecule has 38 heavy (non-hydrogen) atoms. The summed E-state index contributed by atoms with van der Waals surface area (Å²) in [5, 5.41) is 22.5. The molecule has 0 unspecified atom stereocenters. The lowest BCUT2D eigenvalue weighted by Crippen LogP contribution is -2.45. The number of fused-ring (bicyclic) bond motifs is 2. The van der Waals surface area contributed by atoms with Crippen molar-refractivity contribution in [1.82, 2.24) is 39.3 Å². The fraction of sp³-hybridized carbons (Fsp3) is 0.115. The van der Waals surface area contributed by atoms with E-state index in [0.29, 0.717) is 51.4 Å². The molecule has 0 spiro atoms. The van der Waals surface area contributed by atoms with Gasteiger partial charge in [0.2, 0.25) is 0 Å². The first-order chi connectivity index (χ1) is 18.6. The molecule has 184 valence electrons. The Labute approximate surface area is 219 Å². The molecule has 6 heterocycles. The molecule has 1 aliphatic heterocycles. The van der Waals surface area contributed by atoms with E-state index in [0.717, 1.165) is 17.4 Å².